The number of hydrogen-bond acceptors (Lipinski definition) is 8. The molecule has 6 rings (SSSR count). The molecule has 4 aromatic rings. The molecule has 1 aliphatic carbocycles. The molecule has 11 heteroatoms. The number of ketones is 1. The van der Waals surface area contributed by atoms with Crippen molar-refractivity contribution in [3.8, 4) is 17.1 Å². The number of aryl methyl sites for hydroxylation is 2. The zero-order chi connectivity index (χ0) is 26.4. The molecule has 1 unspecified atom stereocenters. The summed E-state index contributed by atoms with van der Waals surface area (Å²) in [4.78, 5) is 26.8. The second-order valence-electron chi connectivity index (χ2n) is 9.94. The molecular weight excluding hydrogens is 489 g/mol. The minimum Gasteiger partial charge on any atom is -0.494 e. The molecule has 0 amide bonds. The van der Waals surface area contributed by atoms with Gasteiger partial charge in [0.2, 0.25) is 0 Å². The third-order valence-electron chi connectivity index (χ3n) is 7.13. The Kier molecular flexibility index (Phi) is 6.30. The number of benzene rings is 1. The summed E-state index contributed by atoms with van der Waals surface area (Å²) in [5.74, 6) is 1.23. The molecule has 0 bridgehead atoms. The van der Waals surface area contributed by atoms with Crippen molar-refractivity contribution in [2.24, 2.45) is 13.0 Å². The Morgan fingerprint density at radius 2 is 2.11 bits per heavy atom. The number of hydrogen-bond donors (Lipinski definition) is 1. The van der Waals surface area contributed by atoms with Crippen LogP contribution in [0.5, 0.6) is 5.75 Å². The van der Waals surface area contributed by atoms with Gasteiger partial charge < -0.3 is 14.8 Å². The maximum absolute atomic E-state index is 13.6. The minimum absolute atomic E-state index is 0.0560. The van der Waals surface area contributed by atoms with Crippen molar-refractivity contribution in [1.82, 2.24) is 29.3 Å². The number of ether oxygens (including phenoxy) is 2. The van der Waals surface area contributed by atoms with Crippen LogP contribution in [-0.4, -0.2) is 55.0 Å². The quantitative estimate of drug-likeness (QED) is 0.364. The Balaban J connectivity index is 1.44. The largest absolute Gasteiger partial charge is 0.494 e. The molecule has 1 saturated heterocycles. The highest BCUT2D eigenvalue weighted by Gasteiger charge is 2.43. The molecule has 198 valence electrons. The first-order valence-electron chi connectivity index (χ1n) is 12.9. The van der Waals surface area contributed by atoms with Crippen LogP contribution >= 0.6 is 0 Å². The summed E-state index contributed by atoms with van der Waals surface area (Å²) in [5, 5.41) is 7.88. The van der Waals surface area contributed by atoms with E-state index in [2.05, 4.69) is 15.4 Å². The SMILES string of the molecule is COc1c(Nc2cc(CC(=O)[C@H]3C[C@@H]3F)nc3c2nc(C)n3C2CCCCO2)cccc1-c1ncn(C)n1. The van der Waals surface area contributed by atoms with Gasteiger partial charge in [-0.2, -0.15) is 5.10 Å². The highest BCUT2D eigenvalue weighted by molar-refractivity contribution is 5.92. The number of alkyl halides is 1. The first kappa shape index (κ1) is 24.5. The Morgan fingerprint density at radius 1 is 1.26 bits per heavy atom. The molecule has 38 heavy (non-hydrogen) atoms. The van der Waals surface area contributed by atoms with Gasteiger partial charge in [-0.1, -0.05) is 6.07 Å². The van der Waals surface area contributed by atoms with Gasteiger partial charge in [0.05, 0.1) is 35.7 Å². The van der Waals surface area contributed by atoms with Gasteiger partial charge in [-0.05, 0) is 50.8 Å². The second-order valence-corrected chi connectivity index (χ2v) is 9.94. The van der Waals surface area contributed by atoms with Crippen LogP contribution in [0.3, 0.4) is 0 Å². The predicted molar refractivity (Wildman–Crippen MR) is 139 cm³/mol. The number of carbonyl (C=O) groups is 1. The lowest BCUT2D eigenvalue weighted by Crippen LogP contribution is -2.19. The zero-order valence-corrected chi connectivity index (χ0v) is 21.6. The van der Waals surface area contributed by atoms with Crippen molar-refractivity contribution in [3.63, 3.8) is 0 Å². The predicted octanol–water partition coefficient (Wildman–Crippen LogP) is 4.46. The van der Waals surface area contributed by atoms with Crippen LogP contribution in [-0.2, 0) is 23.0 Å². The summed E-state index contributed by atoms with van der Waals surface area (Å²) in [5.41, 5.74) is 3.95. The van der Waals surface area contributed by atoms with Gasteiger partial charge in [0.25, 0.3) is 0 Å². The number of Topliss-reactive ketones (excluding diaryl/α,β-unsaturated/α-hetero) is 1. The van der Waals surface area contributed by atoms with E-state index in [0.717, 1.165) is 30.7 Å². The molecule has 0 spiro atoms. The van der Waals surface area contributed by atoms with Crippen LogP contribution in [0.4, 0.5) is 15.8 Å². The number of rotatable bonds is 8. The fraction of sp³-hybridized carbons (Fsp3) is 0.444. The summed E-state index contributed by atoms with van der Waals surface area (Å²) in [6.07, 6.45) is 3.71. The van der Waals surface area contributed by atoms with Crippen molar-refractivity contribution in [2.45, 2.75) is 51.4 Å². The third kappa shape index (κ3) is 4.51. The van der Waals surface area contributed by atoms with E-state index in [0.29, 0.717) is 52.8 Å². The number of halogens is 1. The maximum Gasteiger partial charge on any atom is 0.184 e. The van der Waals surface area contributed by atoms with Crippen molar-refractivity contribution in [1.29, 1.82) is 0 Å². The number of para-hydroxylation sites is 1. The van der Waals surface area contributed by atoms with Crippen LogP contribution in [0.25, 0.3) is 22.6 Å². The molecule has 3 aromatic heterocycles. The monoisotopic (exact) mass is 519 g/mol. The van der Waals surface area contributed by atoms with E-state index in [-0.39, 0.29) is 18.4 Å². The number of carbonyl (C=O) groups excluding carboxylic acids is 1. The number of imidazole rings is 1. The lowest BCUT2D eigenvalue weighted by Gasteiger charge is -2.25. The Hall–Kier alpha value is -3.86. The third-order valence-corrected chi connectivity index (χ3v) is 7.13. The van der Waals surface area contributed by atoms with E-state index in [1.807, 2.05) is 42.8 Å². The van der Waals surface area contributed by atoms with Gasteiger partial charge in [-0.3, -0.25) is 14.0 Å². The fourth-order valence-corrected chi connectivity index (χ4v) is 5.13. The van der Waals surface area contributed by atoms with E-state index >= 15 is 0 Å². The topological polar surface area (TPSA) is 109 Å². The Labute approximate surface area is 219 Å². The molecule has 0 radical (unpaired) electrons. The Bertz CT molecular complexity index is 1510. The van der Waals surface area contributed by atoms with E-state index in [9.17, 15) is 9.18 Å². The molecule has 1 N–H and O–H groups in total. The van der Waals surface area contributed by atoms with Crippen LogP contribution < -0.4 is 10.1 Å². The molecule has 10 nitrogen and oxygen atoms in total. The summed E-state index contributed by atoms with van der Waals surface area (Å²) in [6.45, 7) is 2.61. The number of nitrogens with one attached hydrogen (secondary N) is 1. The Morgan fingerprint density at radius 3 is 2.79 bits per heavy atom. The van der Waals surface area contributed by atoms with Crippen molar-refractivity contribution < 1.29 is 18.7 Å². The smallest absolute Gasteiger partial charge is 0.184 e. The van der Waals surface area contributed by atoms with Crippen LogP contribution in [0.2, 0.25) is 0 Å². The number of pyridine rings is 1. The summed E-state index contributed by atoms with van der Waals surface area (Å²) in [7, 11) is 3.41. The lowest BCUT2D eigenvalue weighted by atomic mass is 10.1. The number of methoxy groups -OCH3 is 1. The minimum atomic E-state index is -1.04. The first-order chi connectivity index (χ1) is 18.4. The molecule has 1 saturated carbocycles. The molecule has 4 heterocycles. The van der Waals surface area contributed by atoms with Gasteiger partial charge in [0.15, 0.2) is 17.2 Å². The van der Waals surface area contributed by atoms with Crippen LogP contribution in [0.15, 0.2) is 30.6 Å². The molecule has 3 atom stereocenters. The lowest BCUT2D eigenvalue weighted by molar-refractivity contribution is -0.120. The zero-order valence-electron chi connectivity index (χ0n) is 21.6. The average Bonchev–Trinajstić information content (AvgIpc) is 3.33. The van der Waals surface area contributed by atoms with Gasteiger partial charge in [-0.25, -0.2) is 19.3 Å². The van der Waals surface area contributed by atoms with E-state index in [4.69, 9.17) is 19.4 Å². The standard InChI is InChI=1S/C27H30FN7O3/c1-15-30-24-21(32-20-8-6-7-17(25(20)37-3)26-29-14-34(2)33-26)11-16(12-22(36)18-13-19(18)28)31-27(24)35(15)23-9-4-5-10-38-23/h6-8,11,14,18-19,23H,4-5,9-10,12-13H2,1-3H3,(H,31,32)/t18-,19-,23?/m0/s1. The van der Waals surface area contributed by atoms with Gasteiger partial charge in [0, 0.05) is 20.1 Å². The summed E-state index contributed by atoms with van der Waals surface area (Å²) >= 11 is 0. The summed E-state index contributed by atoms with van der Waals surface area (Å²) < 4.78 is 29.1. The number of anilines is 2. The van der Waals surface area contributed by atoms with Crippen LogP contribution in [0.1, 0.15) is 43.4 Å². The van der Waals surface area contributed by atoms with Gasteiger partial charge in [0.1, 0.15) is 35.9 Å². The van der Waals surface area contributed by atoms with Crippen molar-refractivity contribution >= 4 is 28.3 Å². The average molecular weight is 520 g/mol. The molecule has 2 aliphatic rings. The van der Waals surface area contributed by atoms with Gasteiger partial charge in [-0.15, -0.1) is 0 Å². The van der Waals surface area contributed by atoms with Gasteiger partial charge >= 0.3 is 0 Å². The van der Waals surface area contributed by atoms with Crippen molar-refractivity contribution in [2.75, 3.05) is 19.0 Å². The summed E-state index contributed by atoms with van der Waals surface area (Å²) in [6, 6.07) is 7.51. The fourth-order valence-electron chi connectivity index (χ4n) is 5.13. The van der Waals surface area contributed by atoms with Crippen LogP contribution in [0, 0.1) is 12.8 Å². The molecule has 1 aliphatic heterocycles. The molecule has 1 aromatic carbocycles. The van der Waals surface area contributed by atoms with Crippen molar-refractivity contribution in [3.05, 3.63) is 42.1 Å². The normalized spacial score (nSPS) is 21.0. The van der Waals surface area contributed by atoms with E-state index in [1.165, 1.54) is 0 Å². The highest BCUT2D eigenvalue weighted by Crippen LogP contribution is 2.39. The molecular formula is C27H30FN7O3. The van der Waals surface area contributed by atoms with E-state index in [1.54, 1.807) is 18.1 Å². The second kappa shape index (κ2) is 9.79. The number of fused-ring (bicyclic) bond motifs is 1. The van der Waals surface area contributed by atoms with E-state index < -0.39 is 12.1 Å². The first-order valence-corrected chi connectivity index (χ1v) is 12.9. The number of aromatic nitrogens is 6. The maximum atomic E-state index is 13.6. The number of nitrogens with zero attached hydrogens (tertiary/aromatic N) is 6. The highest BCUT2D eigenvalue weighted by atomic mass is 19.1. The molecule has 2 fully saturated rings.